The number of hydrogen-bond acceptors (Lipinski definition) is 6. The van der Waals surface area contributed by atoms with Crippen LogP contribution >= 0.6 is 0 Å². The van der Waals surface area contributed by atoms with Crippen LogP contribution in [0.2, 0.25) is 0 Å². The standard InChI is InChI=1S/C21H23N3O5/c1-27-17-5-3-2-4-16(17)23-8-10-24(11-9-23)21(26)20(25)22-15-6-7-18-19(14-15)29-13-12-28-18/h2-7,14H,8-13H2,1H3,(H,22,25). The Bertz CT molecular complexity index is 909. The summed E-state index contributed by atoms with van der Waals surface area (Å²) >= 11 is 0. The van der Waals surface area contributed by atoms with E-state index in [2.05, 4.69) is 10.2 Å². The summed E-state index contributed by atoms with van der Waals surface area (Å²) in [5.41, 5.74) is 1.49. The summed E-state index contributed by atoms with van der Waals surface area (Å²) in [6, 6.07) is 12.9. The zero-order valence-corrected chi connectivity index (χ0v) is 16.2. The molecule has 0 aliphatic carbocycles. The number of benzene rings is 2. The number of carbonyl (C=O) groups is 2. The van der Waals surface area contributed by atoms with Gasteiger partial charge >= 0.3 is 11.8 Å². The molecule has 1 saturated heterocycles. The molecule has 2 aliphatic rings. The highest BCUT2D eigenvalue weighted by molar-refractivity contribution is 6.39. The summed E-state index contributed by atoms with van der Waals surface area (Å²) in [4.78, 5) is 28.7. The maximum Gasteiger partial charge on any atom is 0.313 e. The molecule has 2 aromatic rings. The molecule has 0 atom stereocenters. The lowest BCUT2D eigenvalue weighted by Crippen LogP contribution is -2.51. The highest BCUT2D eigenvalue weighted by Gasteiger charge is 2.27. The molecule has 2 heterocycles. The van der Waals surface area contributed by atoms with E-state index in [9.17, 15) is 9.59 Å². The van der Waals surface area contributed by atoms with Gasteiger partial charge in [-0.05, 0) is 24.3 Å². The van der Waals surface area contributed by atoms with E-state index in [1.165, 1.54) is 0 Å². The fourth-order valence-corrected chi connectivity index (χ4v) is 3.49. The summed E-state index contributed by atoms with van der Waals surface area (Å²) in [6.45, 7) is 3.14. The molecule has 2 aromatic carbocycles. The number of hydrogen-bond donors (Lipinski definition) is 1. The van der Waals surface area contributed by atoms with Gasteiger partial charge in [0.1, 0.15) is 19.0 Å². The monoisotopic (exact) mass is 397 g/mol. The van der Waals surface area contributed by atoms with Gasteiger partial charge in [-0.15, -0.1) is 0 Å². The molecule has 0 aromatic heterocycles. The van der Waals surface area contributed by atoms with Gasteiger partial charge in [0, 0.05) is 37.9 Å². The number of fused-ring (bicyclic) bond motifs is 1. The molecule has 8 heteroatoms. The minimum atomic E-state index is -0.660. The van der Waals surface area contributed by atoms with Crippen molar-refractivity contribution in [3.8, 4) is 17.2 Å². The fourth-order valence-electron chi connectivity index (χ4n) is 3.49. The maximum absolute atomic E-state index is 12.6. The number of para-hydroxylation sites is 2. The van der Waals surface area contributed by atoms with E-state index in [4.69, 9.17) is 14.2 Å². The largest absolute Gasteiger partial charge is 0.495 e. The van der Waals surface area contributed by atoms with E-state index >= 15 is 0 Å². The number of nitrogens with one attached hydrogen (secondary N) is 1. The molecule has 0 bridgehead atoms. The number of rotatable bonds is 3. The van der Waals surface area contributed by atoms with Crippen LogP contribution in [0.4, 0.5) is 11.4 Å². The summed E-state index contributed by atoms with van der Waals surface area (Å²) in [7, 11) is 1.64. The Hall–Kier alpha value is -3.42. The first-order valence-electron chi connectivity index (χ1n) is 9.53. The predicted molar refractivity (Wildman–Crippen MR) is 108 cm³/mol. The Kier molecular flexibility index (Phi) is 5.41. The molecule has 29 heavy (non-hydrogen) atoms. The van der Waals surface area contributed by atoms with E-state index in [0.29, 0.717) is 56.6 Å². The molecule has 0 spiro atoms. The van der Waals surface area contributed by atoms with Crippen LogP contribution in [0.3, 0.4) is 0 Å². The predicted octanol–water partition coefficient (Wildman–Crippen LogP) is 1.75. The Morgan fingerprint density at radius 3 is 2.45 bits per heavy atom. The molecule has 0 radical (unpaired) electrons. The number of anilines is 2. The van der Waals surface area contributed by atoms with Gasteiger partial charge in [-0.3, -0.25) is 9.59 Å². The van der Waals surface area contributed by atoms with Gasteiger partial charge in [0.05, 0.1) is 12.8 Å². The quantitative estimate of drug-likeness (QED) is 0.795. The Morgan fingerprint density at radius 1 is 0.966 bits per heavy atom. The van der Waals surface area contributed by atoms with Gasteiger partial charge in [-0.1, -0.05) is 12.1 Å². The topological polar surface area (TPSA) is 80.3 Å². The average Bonchev–Trinajstić information content (AvgIpc) is 2.78. The number of piperazine rings is 1. The number of methoxy groups -OCH3 is 1. The number of nitrogens with zero attached hydrogens (tertiary/aromatic N) is 2. The van der Waals surface area contributed by atoms with Crippen molar-refractivity contribution in [3.05, 3.63) is 42.5 Å². The first kappa shape index (κ1) is 18.9. The lowest BCUT2D eigenvalue weighted by molar-refractivity contribution is -0.143. The maximum atomic E-state index is 12.6. The third-order valence-corrected chi connectivity index (χ3v) is 4.99. The zero-order chi connectivity index (χ0) is 20.2. The first-order chi connectivity index (χ1) is 14.2. The normalized spacial score (nSPS) is 15.6. The molecule has 4 rings (SSSR count). The summed E-state index contributed by atoms with van der Waals surface area (Å²) < 4.78 is 16.4. The lowest BCUT2D eigenvalue weighted by atomic mass is 10.2. The van der Waals surface area contributed by atoms with Gasteiger partial charge in [0.25, 0.3) is 0 Å². The van der Waals surface area contributed by atoms with Crippen LogP contribution in [0.5, 0.6) is 17.2 Å². The number of ether oxygens (including phenoxy) is 3. The minimum Gasteiger partial charge on any atom is -0.495 e. The molecule has 1 N–H and O–H groups in total. The van der Waals surface area contributed by atoms with Crippen molar-refractivity contribution in [2.75, 3.05) is 56.7 Å². The van der Waals surface area contributed by atoms with Crippen molar-refractivity contribution in [2.45, 2.75) is 0 Å². The highest BCUT2D eigenvalue weighted by Crippen LogP contribution is 2.32. The van der Waals surface area contributed by atoms with Gasteiger partial charge in [0.2, 0.25) is 0 Å². The minimum absolute atomic E-state index is 0.458. The fraction of sp³-hybridized carbons (Fsp3) is 0.333. The van der Waals surface area contributed by atoms with E-state index < -0.39 is 11.8 Å². The molecule has 8 nitrogen and oxygen atoms in total. The van der Waals surface area contributed by atoms with Crippen LogP contribution in [0.1, 0.15) is 0 Å². The van der Waals surface area contributed by atoms with E-state index in [1.54, 1.807) is 30.2 Å². The second-order valence-electron chi connectivity index (χ2n) is 6.76. The van der Waals surface area contributed by atoms with Crippen molar-refractivity contribution < 1.29 is 23.8 Å². The van der Waals surface area contributed by atoms with Crippen LogP contribution < -0.4 is 24.4 Å². The molecule has 2 amide bonds. The third kappa shape index (κ3) is 4.06. The second kappa shape index (κ2) is 8.30. The molecule has 0 unspecified atom stereocenters. The molecule has 2 aliphatic heterocycles. The van der Waals surface area contributed by atoms with Crippen LogP contribution in [-0.2, 0) is 9.59 Å². The Labute approximate surface area is 168 Å². The molecular weight excluding hydrogens is 374 g/mol. The number of amides is 2. The van der Waals surface area contributed by atoms with Crippen molar-refractivity contribution in [2.24, 2.45) is 0 Å². The van der Waals surface area contributed by atoms with Gasteiger partial charge < -0.3 is 29.3 Å². The summed E-state index contributed by atoms with van der Waals surface area (Å²) in [6.07, 6.45) is 0. The van der Waals surface area contributed by atoms with E-state index in [-0.39, 0.29) is 0 Å². The lowest BCUT2D eigenvalue weighted by Gasteiger charge is -2.36. The molecular formula is C21H23N3O5. The zero-order valence-electron chi connectivity index (χ0n) is 16.2. The van der Waals surface area contributed by atoms with Crippen LogP contribution in [0, 0.1) is 0 Å². The average molecular weight is 397 g/mol. The highest BCUT2D eigenvalue weighted by atomic mass is 16.6. The van der Waals surface area contributed by atoms with Gasteiger partial charge in [-0.25, -0.2) is 0 Å². The summed E-state index contributed by atoms with van der Waals surface area (Å²) in [5, 5.41) is 2.65. The SMILES string of the molecule is COc1ccccc1N1CCN(C(=O)C(=O)Nc2ccc3c(c2)OCCO3)CC1. The van der Waals surface area contributed by atoms with Crippen molar-refractivity contribution in [1.82, 2.24) is 4.90 Å². The first-order valence-corrected chi connectivity index (χ1v) is 9.53. The van der Waals surface area contributed by atoms with Crippen LogP contribution in [0.25, 0.3) is 0 Å². The Balaban J connectivity index is 1.35. The van der Waals surface area contributed by atoms with Gasteiger partial charge in [0.15, 0.2) is 11.5 Å². The van der Waals surface area contributed by atoms with Gasteiger partial charge in [-0.2, -0.15) is 0 Å². The van der Waals surface area contributed by atoms with E-state index in [1.807, 2.05) is 24.3 Å². The molecule has 0 saturated carbocycles. The van der Waals surface area contributed by atoms with Crippen molar-refractivity contribution in [3.63, 3.8) is 0 Å². The van der Waals surface area contributed by atoms with Crippen LogP contribution in [0.15, 0.2) is 42.5 Å². The van der Waals surface area contributed by atoms with Crippen LogP contribution in [-0.4, -0.2) is 63.2 Å². The number of carbonyl (C=O) groups excluding carboxylic acids is 2. The smallest absolute Gasteiger partial charge is 0.313 e. The second-order valence-corrected chi connectivity index (χ2v) is 6.76. The van der Waals surface area contributed by atoms with Crippen molar-refractivity contribution in [1.29, 1.82) is 0 Å². The molecule has 1 fully saturated rings. The Morgan fingerprint density at radius 2 is 1.69 bits per heavy atom. The van der Waals surface area contributed by atoms with E-state index in [0.717, 1.165) is 11.4 Å². The third-order valence-electron chi connectivity index (χ3n) is 4.99. The van der Waals surface area contributed by atoms with Crippen molar-refractivity contribution >= 4 is 23.2 Å². The molecule has 152 valence electrons. The summed E-state index contributed by atoms with van der Waals surface area (Å²) in [5.74, 6) is 0.788.